The van der Waals surface area contributed by atoms with Gasteiger partial charge in [-0.2, -0.15) is 14.9 Å². The Morgan fingerprint density at radius 1 is 1.45 bits per heavy atom. The summed E-state index contributed by atoms with van der Waals surface area (Å²) in [7, 11) is 0. The third kappa shape index (κ3) is 2.41. The highest BCUT2D eigenvalue weighted by Gasteiger charge is 2.12. The number of nitriles is 1. The number of imidazole rings is 1. The molecule has 0 aliphatic carbocycles. The number of hydrogen-bond donors (Lipinski definition) is 2. The minimum atomic E-state index is -1.13. The van der Waals surface area contributed by atoms with E-state index in [4.69, 9.17) is 22.0 Å². The van der Waals surface area contributed by atoms with Gasteiger partial charge in [0.15, 0.2) is 22.2 Å². The molecule has 0 saturated carbocycles. The average molecular weight is 315 g/mol. The molecule has 0 fully saturated rings. The second kappa shape index (κ2) is 5.31. The van der Waals surface area contributed by atoms with Crippen molar-refractivity contribution in [1.82, 2.24) is 19.6 Å². The van der Waals surface area contributed by atoms with Crippen LogP contribution in [0, 0.1) is 11.3 Å². The van der Waals surface area contributed by atoms with Gasteiger partial charge in [0.05, 0.1) is 11.9 Å². The van der Waals surface area contributed by atoms with Crippen molar-refractivity contribution in [1.29, 1.82) is 5.26 Å². The fourth-order valence-corrected chi connectivity index (χ4v) is 2.05. The summed E-state index contributed by atoms with van der Waals surface area (Å²) in [5.41, 5.74) is 0.968. The molecule has 0 atom stereocenters. The summed E-state index contributed by atoms with van der Waals surface area (Å²) in [5, 5.41) is 25.0. The lowest BCUT2D eigenvalue weighted by Crippen LogP contribution is -2.04. The van der Waals surface area contributed by atoms with Crippen LogP contribution in [0.25, 0.3) is 5.65 Å². The lowest BCUT2D eigenvalue weighted by molar-refractivity contribution is 0.0690. The van der Waals surface area contributed by atoms with E-state index in [0.717, 1.165) is 0 Å². The molecule has 108 valence electrons. The van der Waals surface area contributed by atoms with Crippen LogP contribution >= 0.6 is 11.6 Å². The van der Waals surface area contributed by atoms with Gasteiger partial charge in [0, 0.05) is 6.07 Å². The number of nitrogens with one attached hydrogen (secondary N) is 1. The van der Waals surface area contributed by atoms with Crippen LogP contribution < -0.4 is 5.32 Å². The molecule has 0 unspecified atom stereocenters. The van der Waals surface area contributed by atoms with Crippen molar-refractivity contribution in [2.45, 2.75) is 0 Å². The zero-order valence-electron chi connectivity index (χ0n) is 10.9. The van der Waals surface area contributed by atoms with Crippen LogP contribution in [-0.2, 0) is 0 Å². The van der Waals surface area contributed by atoms with E-state index in [1.807, 2.05) is 6.07 Å². The van der Waals surface area contributed by atoms with Gasteiger partial charge in [-0.1, -0.05) is 17.7 Å². The normalized spacial score (nSPS) is 10.4. The number of fused-ring (bicyclic) bond motifs is 1. The maximum atomic E-state index is 10.9. The molecule has 2 N–H and O–H groups in total. The van der Waals surface area contributed by atoms with E-state index >= 15 is 0 Å². The molecule has 0 saturated heterocycles. The first-order chi connectivity index (χ1) is 10.6. The van der Waals surface area contributed by atoms with Crippen molar-refractivity contribution in [2.24, 2.45) is 0 Å². The SMILES string of the molecule is N#Cc1cnc2c(Nc3cccc(C(=O)O)n3)cc(Cl)nn12. The summed E-state index contributed by atoms with van der Waals surface area (Å²) in [6.45, 7) is 0. The molecule has 0 spiro atoms. The highest BCUT2D eigenvalue weighted by atomic mass is 35.5. The van der Waals surface area contributed by atoms with Gasteiger partial charge in [-0.15, -0.1) is 0 Å². The second-order valence-corrected chi connectivity index (χ2v) is 4.60. The summed E-state index contributed by atoms with van der Waals surface area (Å²) in [4.78, 5) is 19.0. The van der Waals surface area contributed by atoms with Crippen LogP contribution in [0.4, 0.5) is 11.5 Å². The third-order valence-corrected chi connectivity index (χ3v) is 2.97. The van der Waals surface area contributed by atoms with Gasteiger partial charge in [-0.3, -0.25) is 0 Å². The van der Waals surface area contributed by atoms with Crippen LogP contribution in [-0.4, -0.2) is 30.7 Å². The molecule has 0 aliphatic rings. The largest absolute Gasteiger partial charge is 0.477 e. The van der Waals surface area contributed by atoms with E-state index in [0.29, 0.717) is 17.2 Å². The van der Waals surface area contributed by atoms with Gasteiger partial charge >= 0.3 is 5.97 Å². The Kier molecular flexibility index (Phi) is 3.33. The Morgan fingerprint density at radius 2 is 2.27 bits per heavy atom. The van der Waals surface area contributed by atoms with Crippen molar-refractivity contribution >= 4 is 34.7 Å². The number of carbonyl (C=O) groups is 1. The number of halogens is 1. The van der Waals surface area contributed by atoms with Crippen LogP contribution in [0.2, 0.25) is 5.15 Å². The highest BCUT2D eigenvalue weighted by molar-refractivity contribution is 6.29. The maximum Gasteiger partial charge on any atom is 0.354 e. The first-order valence-electron chi connectivity index (χ1n) is 6.00. The standard InChI is InChI=1S/C13H7ClN6O2/c14-10-4-9(12-16-6-7(5-15)20(12)19-10)18-11-3-1-2-8(17-11)13(21)22/h1-4,6H,(H,17,18)(H,21,22). The van der Waals surface area contributed by atoms with E-state index in [9.17, 15) is 4.79 Å². The van der Waals surface area contributed by atoms with Crippen molar-refractivity contribution in [3.05, 3.63) is 47.0 Å². The fourth-order valence-electron chi connectivity index (χ4n) is 1.87. The van der Waals surface area contributed by atoms with Gasteiger partial charge in [0.2, 0.25) is 0 Å². The summed E-state index contributed by atoms with van der Waals surface area (Å²) in [6, 6.07) is 8.01. The molecule has 9 heteroatoms. The Labute approximate surface area is 128 Å². The molecule has 3 rings (SSSR count). The Hall–Kier alpha value is -3.18. The summed E-state index contributed by atoms with van der Waals surface area (Å²) >= 11 is 5.93. The Balaban J connectivity index is 2.08. The minimum Gasteiger partial charge on any atom is -0.477 e. The van der Waals surface area contributed by atoms with E-state index in [-0.39, 0.29) is 16.5 Å². The third-order valence-electron chi connectivity index (χ3n) is 2.78. The number of pyridine rings is 1. The van der Waals surface area contributed by atoms with E-state index in [1.165, 1.54) is 22.8 Å². The van der Waals surface area contributed by atoms with Gasteiger partial charge < -0.3 is 10.4 Å². The molecular formula is C13H7ClN6O2. The van der Waals surface area contributed by atoms with Crippen LogP contribution in [0.3, 0.4) is 0 Å². The smallest absolute Gasteiger partial charge is 0.354 e. The Bertz CT molecular complexity index is 930. The summed E-state index contributed by atoms with van der Waals surface area (Å²) in [5.74, 6) is -0.820. The summed E-state index contributed by atoms with van der Waals surface area (Å²) in [6.07, 6.45) is 1.37. The highest BCUT2D eigenvalue weighted by Crippen LogP contribution is 2.23. The van der Waals surface area contributed by atoms with Gasteiger partial charge in [0.1, 0.15) is 11.9 Å². The monoisotopic (exact) mass is 314 g/mol. The van der Waals surface area contributed by atoms with Crippen molar-refractivity contribution in [2.75, 3.05) is 5.32 Å². The zero-order valence-corrected chi connectivity index (χ0v) is 11.6. The lowest BCUT2D eigenvalue weighted by Gasteiger charge is -2.08. The molecule has 0 aliphatic heterocycles. The lowest BCUT2D eigenvalue weighted by atomic mass is 10.3. The second-order valence-electron chi connectivity index (χ2n) is 4.21. The fraction of sp³-hybridized carbons (Fsp3) is 0. The first kappa shape index (κ1) is 13.8. The predicted octanol–water partition coefficient (Wildman–Crippen LogP) is 2.09. The predicted molar refractivity (Wildman–Crippen MR) is 77.2 cm³/mol. The number of aromatic carboxylic acids is 1. The van der Waals surface area contributed by atoms with E-state index < -0.39 is 5.97 Å². The Morgan fingerprint density at radius 3 is 3.00 bits per heavy atom. The molecule has 3 aromatic heterocycles. The molecule has 22 heavy (non-hydrogen) atoms. The number of rotatable bonds is 3. The molecule has 8 nitrogen and oxygen atoms in total. The van der Waals surface area contributed by atoms with Crippen LogP contribution in [0.5, 0.6) is 0 Å². The molecular weight excluding hydrogens is 308 g/mol. The topological polar surface area (TPSA) is 116 Å². The van der Waals surface area contributed by atoms with Crippen molar-refractivity contribution < 1.29 is 9.90 Å². The minimum absolute atomic E-state index is 0.0952. The first-order valence-corrected chi connectivity index (χ1v) is 6.38. The molecule has 3 aromatic rings. The number of carboxylic acid groups (broad SMARTS) is 1. The summed E-state index contributed by atoms with van der Waals surface area (Å²) < 4.78 is 1.30. The number of nitrogens with zero attached hydrogens (tertiary/aromatic N) is 5. The molecule has 0 amide bonds. The molecule has 0 bridgehead atoms. The van der Waals surface area contributed by atoms with Crippen molar-refractivity contribution in [3.63, 3.8) is 0 Å². The molecule has 3 heterocycles. The van der Waals surface area contributed by atoms with Crippen LogP contribution in [0.1, 0.15) is 16.2 Å². The quantitative estimate of drug-likeness (QED) is 0.760. The molecule has 0 radical (unpaired) electrons. The van der Waals surface area contributed by atoms with Gasteiger partial charge in [-0.25, -0.2) is 14.8 Å². The maximum absolute atomic E-state index is 10.9. The van der Waals surface area contributed by atoms with E-state index in [2.05, 4.69) is 20.4 Å². The van der Waals surface area contributed by atoms with E-state index in [1.54, 1.807) is 12.1 Å². The zero-order chi connectivity index (χ0) is 15.7. The number of carboxylic acids is 1. The number of aromatic nitrogens is 4. The van der Waals surface area contributed by atoms with Gasteiger partial charge in [-0.05, 0) is 12.1 Å². The number of hydrogen-bond acceptors (Lipinski definition) is 6. The molecule has 0 aromatic carbocycles. The van der Waals surface area contributed by atoms with Crippen LogP contribution in [0.15, 0.2) is 30.5 Å². The van der Waals surface area contributed by atoms with Crippen molar-refractivity contribution in [3.8, 4) is 6.07 Å². The average Bonchev–Trinajstić information content (AvgIpc) is 2.90. The number of anilines is 2. The van der Waals surface area contributed by atoms with Gasteiger partial charge in [0.25, 0.3) is 0 Å².